The predicted octanol–water partition coefficient (Wildman–Crippen LogP) is 1.61. The lowest BCUT2D eigenvalue weighted by atomic mass is 9.99. The van der Waals surface area contributed by atoms with E-state index >= 15 is 0 Å². The third-order valence-corrected chi connectivity index (χ3v) is 3.76. The zero-order valence-electron chi connectivity index (χ0n) is 11.0. The van der Waals surface area contributed by atoms with Gasteiger partial charge in [0.15, 0.2) is 0 Å². The van der Waals surface area contributed by atoms with Crippen LogP contribution in [0.2, 0.25) is 0 Å². The van der Waals surface area contributed by atoms with E-state index in [1.165, 1.54) is 0 Å². The van der Waals surface area contributed by atoms with E-state index in [2.05, 4.69) is 17.5 Å². The molecule has 1 N–H and O–H groups in total. The highest BCUT2D eigenvalue weighted by molar-refractivity contribution is 5.90. The molecule has 0 aromatic carbocycles. The third kappa shape index (κ3) is 2.92. The first-order valence-corrected chi connectivity index (χ1v) is 6.97. The minimum Gasteiger partial charge on any atom is -0.344 e. The van der Waals surface area contributed by atoms with Crippen molar-refractivity contribution in [3.05, 3.63) is 12.2 Å². The topological polar surface area (TPSA) is 49.4 Å². The van der Waals surface area contributed by atoms with Crippen LogP contribution < -0.4 is 5.32 Å². The lowest BCUT2D eigenvalue weighted by Gasteiger charge is -2.33. The first-order chi connectivity index (χ1) is 8.72. The molecule has 4 heteroatoms. The molecule has 1 fully saturated rings. The van der Waals surface area contributed by atoms with Crippen molar-refractivity contribution in [2.45, 2.75) is 57.5 Å². The first-order valence-electron chi connectivity index (χ1n) is 6.97. The molecule has 2 atom stereocenters. The number of carbonyl (C=O) groups excluding carboxylic acids is 2. The van der Waals surface area contributed by atoms with E-state index in [0.717, 1.165) is 32.1 Å². The summed E-state index contributed by atoms with van der Waals surface area (Å²) < 4.78 is 0. The number of allylic oxidation sites excluding steroid dienone is 1. The number of nitrogens with zero attached hydrogens (tertiary/aromatic N) is 1. The Hall–Kier alpha value is -1.32. The normalized spacial score (nSPS) is 29.1. The van der Waals surface area contributed by atoms with E-state index in [4.69, 9.17) is 0 Å². The van der Waals surface area contributed by atoms with Gasteiger partial charge in [-0.1, -0.05) is 25.5 Å². The van der Waals surface area contributed by atoms with Crippen LogP contribution in [0.15, 0.2) is 12.2 Å². The number of nitrogens with one attached hydrogen (secondary N) is 1. The maximum atomic E-state index is 12.5. The summed E-state index contributed by atoms with van der Waals surface area (Å²) in [5.74, 6) is 0.124. The Morgan fingerprint density at radius 3 is 2.89 bits per heavy atom. The highest BCUT2D eigenvalue weighted by Gasteiger charge is 2.32. The predicted molar refractivity (Wildman–Crippen MR) is 69.9 cm³/mol. The highest BCUT2D eigenvalue weighted by atomic mass is 16.2. The Morgan fingerprint density at radius 2 is 2.22 bits per heavy atom. The lowest BCUT2D eigenvalue weighted by Crippen LogP contribution is -2.48. The number of amides is 2. The lowest BCUT2D eigenvalue weighted by molar-refractivity contribution is -0.135. The van der Waals surface area contributed by atoms with Crippen molar-refractivity contribution in [1.82, 2.24) is 10.2 Å². The maximum absolute atomic E-state index is 12.5. The second-order valence-electron chi connectivity index (χ2n) is 5.13. The van der Waals surface area contributed by atoms with Crippen molar-refractivity contribution in [2.24, 2.45) is 0 Å². The van der Waals surface area contributed by atoms with E-state index in [1.54, 1.807) is 0 Å². The highest BCUT2D eigenvalue weighted by Crippen LogP contribution is 2.20. The largest absolute Gasteiger partial charge is 0.344 e. The van der Waals surface area contributed by atoms with Crippen LogP contribution >= 0.6 is 0 Å². The van der Waals surface area contributed by atoms with Crippen LogP contribution in [0, 0.1) is 0 Å². The zero-order valence-corrected chi connectivity index (χ0v) is 11.0. The Kier molecular flexibility index (Phi) is 4.39. The van der Waals surface area contributed by atoms with Crippen LogP contribution in [0.3, 0.4) is 0 Å². The van der Waals surface area contributed by atoms with E-state index in [1.807, 2.05) is 11.8 Å². The fourth-order valence-electron chi connectivity index (χ4n) is 2.77. The van der Waals surface area contributed by atoms with Gasteiger partial charge in [-0.3, -0.25) is 9.59 Å². The van der Waals surface area contributed by atoms with Gasteiger partial charge in [0.1, 0.15) is 6.04 Å². The van der Waals surface area contributed by atoms with Gasteiger partial charge in [0.25, 0.3) is 0 Å². The minimum absolute atomic E-state index is 0.00986. The number of rotatable bonds is 3. The average Bonchev–Trinajstić information content (AvgIpc) is 2.52. The summed E-state index contributed by atoms with van der Waals surface area (Å²) in [6.07, 6.45) is 9.40. The first kappa shape index (κ1) is 13.1. The van der Waals surface area contributed by atoms with Gasteiger partial charge in [-0.15, -0.1) is 0 Å². The van der Waals surface area contributed by atoms with Gasteiger partial charge >= 0.3 is 0 Å². The fraction of sp³-hybridized carbons (Fsp3) is 0.714. The molecule has 1 aliphatic carbocycles. The monoisotopic (exact) mass is 250 g/mol. The zero-order chi connectivity index (χ0) is 13.0. The van der Waals surface area contributed by atoms with Gasteiger partial charge in [-0.25, -0.2) is 0 Å². The van der Waals surface area contributed by atoms with Crippen LogP contribution in [0.5, 0.6) is 0 Å². The molecule has 0 aromatic rings. The fourth-order valence-corrected chi connectivity index (χ4v) is 2.77. The standard InChI is InChI=1S/C14H22N2O2/c1-2-6-12-14(18)16(10-9-13(17)15-12)11-7-4-3-5-8-11/h3-4,11-12H,2,5-10H2,1H3,(H,15,17). The van der Waals surface area contributed by atoms with Gasteiger partial charge in [0.05, 0.1) is 0 Å². The van der Waals surface area contributed by atoms with Crippen LogP contribution in [0.1, 0.15) is 45.4 Å². The summed E-state index contributed by atoms with van der Waals surface area (Å²) in [6.45, 7) is 2.61. The molecule has 2 rings (SSSR count). The number of carbonyl (C=O) groups is 2. The molecule has 1 saturated heterocycles. The summed E-state index contributed by atoms with van der Waals surface area (Å²) in [7, 11) is 0. The Morgan fingerprint density at radius 1 is 1.39 bits per heavy atom. The summed E-state index contributed by atoms with van der Waals surface area (Å²) in [5.41, 5.74) is 0. The van der Waals surface area contributed by atoms with Gasteiger partial charge in [-0.05, 0) is 25.7 Å². The van der Waals surface area contributed by atoms with E-state index in [-0.39, 0.29) is 23.9 Å². The quantitative estimate of drug-likeness (QED) is 0.774. The average molecular weight is 250 g/mol. The van der Waals surface area contributed by atoms with Crippen molar-refractivity contribution in [3.8, 4) is 0 Å². The summed E-state index contributed by atoms with van der Waals surface area (Å²) >= 11 is 0. The molecule has 0 radical (unpaired) electrons. The molecule has 0 bridgehead atoms. The second kappa shape index (κ2) is 6.03. The molecule has 2 unspecified atom stereocenters. The molecular formula is C14H22N2O2. The molecule has 4 nitrogen and oxygen atoms in total. The molecule has 1 heterocycles. The summed E-state index contributed by atoms with van der Waals surface area (Å²) in [5, 5.41) is 2.85. The molecule has 2 aliphatic rings. The van der Waals surface area contributed by atoms with E-state index < -0.39 is 0 Å². The Bertz CT molecular complexity index is 352. The molecule has 1 aliphatic heterocycles. The summed E-state index contributed by atoms with van der Waals surface area (Å²) in [6, 6.07) is -0.0227. The molecule has 0 saturated carbocycles. The van der Waals surface area contributed by atoms with Crippen LogP contribution in [0.4, 0.5) is 0 Å². The van der Waals surface area contributed by atoms with Crippen LogP contribution in [-0.4, -0.2) is 35.3 Å². The van der Waals surface area contributed by atoms with Crippen molar-refractivity contribution >= 4 is 11.8 Å². The van der Waals surface area contributed by atoms with Crippen LogP contribution in [-0.2, 0) is 9.59 Å². The molecular weight excluding hydrogens is 228 g/mol. The molecule has 0 aromatic heterocycles. The number of hydrogen-bond donors (Lipinski definition) is 1. The van der Waals surface area contributed by atoms with Crippen molar-refractivity contribution < 1.29 is 9.59 Å². The summed E-state index contributed by atoms with van der Waals surface area (Å²) in [4.78, 5) is 26.0. The van der Waals surface area contributed by atoms with Gasteiger partial charge < -0.3 is 10.2 Å². The molecule has 100 valence electrons. The molecule has 0 spiro atoms. The molecule has 2 amide bonds. The van der Waals surface area contributed by atoms with Gasteiger partial charge in [0, 0.05) is 19.0 Å². The Balaban J connectivity index is 2.10. The number of hydrogen-bond acceptors (Lipinski definition) is 2. The Labute approximate surface area is 108 Å². The van der Waals surface area contributed by atoms with Crippen molar-refractivity contribution in [2.75, 3.05) is 6.54 Å². The van der Waals surface area contributed by atoms with E-state index in [0.29, 0.717) is 13.0 Å². The third-order valence-electron chi connectivity index (χ3n) is 3.76. The second-order valence-corrected chi connectivity index (χ2v) is 5.13. The molecule has 18 heavy (non-hydrogen) atoms. The minimum atomic E-state index is -0.309. The van der Waals surface area contributed by atoms with Gasteiger partial charge in [0.2, 0.25) is 11.8 Å². The van der Waals surface area contributed by atoms with Crippen molar-refractivity contribution in [3.63, 3.8) is 0 Å². The maximum Gasteiger partial charge on any atom is 0.245 e. The smallest absolute Gasteiger partial charge is 0.245 e. The SMILES string of the molecule is CCCC1NC(=O)CCN(C2CC=CCC2)C1=O. The van der Waals surface area contributed by atoms with Crippen LogP contribution in [0.25, 0.3) is 0 Å². The van der Waals surface area contributed by atoms with E-state index in [9.17, 15) is 9.59 Å². The van der Waals surface area contributed by atoms with Crippen molar-refractivity contribution in [1.29, 1.82) is 0 Å². The van der Waals surface area contributed by atoms with Gasteiger partial charge in [-0.2, -0.15) is 0 Å².